The predicted molar refractivity (Wildman–Crippen MR) is 59.8 cm³/mol. The van der Waals surface area contributed by atoms with Gasteiger partial charge in [0.1, 0.15) is 5.52 Å². The summed E-state index contributed by atoms with van der Waals surface area (Å²) in [7, 11) is 0. The molecule has 0 amide bonds. The minimum absolute atomic E-state index is 0.148. The lowest BCUT2D eigenvalue weighted by Gasteiger charge is -1.86. The molecule has 0 saturated heterocycles. The Balaban J connectivity index is 2.56. The standard InChI is InChI=1S/C9H5Br2NO2/c10-4-7(13)9-12-6-3-5(11)1-2-8(6)14-9/h1-3H,4H2. The van der Waals surface area contributed by atoms with E-state index in [1.807, 2.05) is 12.1 Å². The SMILES string of the molecule is O=C(CBr)c1nc2cc(Br)ccc2o1. The van der Waals surface area contributed by atoms with Crippen molar-refractivity contribution in [3.63, 3.8) is 0 Å². The molecule has 0 unspecified atom stereocenters. The van der Waals surface area contributed by atoms with Gasteiger partial charge < -0.3 is 4.42 Å². The fraction of sp³-hybridized carbons (Fsp3) is 0.111. The van der Waals surface area contributed by atoms with E-state index in [0.29, 0.717) is 11.1 Å². The van der Waals surface area contributed by atoms with Crippen LogP contribution in [0.2, 0.25) is 0 Å². The van der Waals surface area contributed by atoms with Crippen LogP contribution in [0.4, 0.5) is 0 Å². The number of hydrogen-bond acceptors (Lipinski definition) is 3. The number of fused-ring (bicyclic) bond motifs is 1. The van der Waals surface area contributed by atoms with Crippen molar-refractivity contribution < 1.29 is 9.21 Å². The lowest BCUT2D eigenvalue weighted by atomic mass is 10.3. The molecule has 0 bridgehead atoms. The fourth-order valence-electron chi connectivity index (χ4n) is 1.08. The van der Waals surface area contributed by atoms with Crippen molar-refractivity contribution in [1.29, 1.82) is 0 Å². The van der Waals surface area contributed by atoms with Crippen LogP contribution in [0.25, 0.3) is 11.1 Å². The molecule has 0 saturated carbocycles. The maximum absolute atomic E-state index is 11.3. The van der Waals surface area contributed by atoms with Gasteiger partial charge in [-0.25, -0.2) is 4.98 Å². The van der Waals surface area contributed by atoms with Gasteiger partial charge in [-0.15, -0.1) is 0 Å². The number of carbonyl (C=O) groups is 1. The first kappa shape index (κ1) is 9.86. The van der Waals surface area contributed by atoms with Gasteiger partial charge >= 0.3 is 0 Å². The number of ketones is 1. The Hall–Kier alpha value is -0.680. The fourth-order valence-corrected chi connectivity index (χ4v) is 1.67. The highest BCUT2D eigenvalue weighted by atomic mass is 79.9. The number of rotatable bonds is 2. The van der Waals surface area contributed by atoms with Gasteiger partial charge in [0.25, 0.3) is 5.89 Å². The Bertz CT molecular complexity index is 493. The van der Waals surface area contributed by atoms with Crippen LogP contribution >= 0.6 is 31.9 Å². The molecule has 5 heteroatoms. The molecule has 0 radical (unpaired) electrons. The van der Waals surface area contributed by atoms with Crippen molar-refractivity contribution in [3.8, 4) is 0 Å². The first-order chi connectivity index (χ1) is 6.70. The lowest BCUT2D eigenvalue weighted by Crippen LogP contribution is -1.99. The average Bonchev–Trinajstić information content (AvgIpc) is 2.59. The van der Waals surface area contributed by atoms with Crippen LogP contribution in [-0.2, 0) is 0 Å². The largest absolute Gasteiger partial charge is 0.434 e. The normalized spacial score (nSPS) is 10.7. The minimum Gasteiger partial charge on any atom is -0.434 e. The summed E-state index contributed by atoms with van der Waals surface area (Å²) in [6.45, 7) is 0. The molecular weight excluding hydrogens is 314 g/mol. The smallest absolute Gasteiger partial charge is 0.265 e. The number of oxazole rings is 1. The van der Waals surface area contributed by atoms with Gasteiger partial charge in [-0.05, 0) is 18.2 Å². The first-order valence-corrected chi connectivity index (χ1v) is 5.77. The molecule has 1 aromatic heterocycles. The molecule has 2 rings (SSSR count). The molecule has 14 heavy (non-hydrogen) atoms. The van der Waals surface area contributed by atoms with E-state index < -0.39 is 0 Å². The highest BCUT2D eigenvalue weighted by Gasteiger charge is 2.12. The Morgan fingerprint density at radius 1 is 1.50 bits per heavy atom. The molecule has 2 aromatic rings. The van der Waals surface area contributed by atoms with Crippen LogP contribution in [-0.4, -0.2) is 16.1 Å². The number of hydrogen-bond donors (Lipinski definition) is 0. The number of nitrogens with zero attached hydrogens (tertiary/aromatic N) is 1. The van der Waals surface area contributed by atoms with Crippen LogP contribution in [0.3, 0.4) is 0 Å². The second kappa shape index (κ2) is 3.82. The number of benzene rings is 1. The molecule has 0 fully saturated rings. The average molecular weight is 319 g/mol. The molecule has 0 aliphatic rings. The summed E-state index contributed by atoms with van der Waals surface area (Å²) in [5.74, 6) is -0.00713. The second-order valence-electron chi connectivity index (χ2n) is 2.69. The quantitative estimate of drug-likeness (QED) is 0.631. The van der Waals surface area contributed by atoms with Gasteiger partial charge in [0.2, 0.25) is 5.78 Å². The molecule has 1 heterocycles. The Morgan fingerprint density at radius 3 is 3.00 bits per heavy atom. The van der Waals surface area contributed by atoms with Gasteiger partial charge in [-0.3, -0.25) is 4.79 Å². The van der Waals surface area contributed by atoms with Crippen molar-refractivity contribution in [3.05, 3.63) is 28.6 Å². The maximum atomic E-state index is 11.3. The minimum atomic E-state index is -0.155. The molecular formula is C9H5Br2NO2. The summed E-state index contributed by atoms with van der Waals surface area (Å²) in [5, 5.41) is 0.223. The molecule has 0 spiro atoms. The molecule has 0 aliphatic carbocycles. The first-order valence-electron chi connectivity index (χ1n) is 3.86. The van der Waals surface area contributed by atoms with E-state index in [-0.39, 0.29) is 17.0 Å². The van der Waals surface area contributed by atoms with Gasteiger partial charge in [0, 0.05) is 4.47 Å². The van der Waals surface area contributed by atoms with Gasteiger partial charge in [0.05, 0.1) is 5.33 Å². The number of alkyl halides is 1. The van der Waals surface area contributed by atoms with Crippen molar-refractivity contribution in [2.75, 3.05) is 5.33 Å². The van der Waals surface area contributed by atoms with Gasteiger partial charge in [-0.2, -0.15) is 0 Å². The van der Waals surface area contributed by atoms with Crippen LogP contribution < -0.4 is 0 Å². The number of Topliss-reactive ketones (excluding diaryl/α,β-unsaturated/α-hetero) is 1. The van der Waals surface area contributed by atoms with Crippen molar-refractivity contribution >= 4 is 48.7 Å². The highest BCUT2D eigenvalue weighted by Crippen LogP contribution is 2.20. The van der Waals surface area contributed by atoms with Crippen molar-refractivity contribution in [2.24, 2.45) is 0 Å². The third kappa shape index (κ3) is 1.74. The summed E-state index contributed by atoms with van der Waals surface area (Å²) >= 11 is 6.38. The Morgan fingerprint density at radius 2 is 2.29 bits per heavy atom. The molecule has 0 atom stereocenters. The summed E-state index contributed by atoms with van der Waals surface area (Å²) in [4.78, 5) is 15.3. The zero-order valence-electron chi connectivity index (χ0n) is 6.96. The third-order valence-corrected chi connectivity index (χ3v) is 2.71. The lowest BCUT2D eigenvalue weighted by molar-refractivity contribution is 0.0989. The van der Waals surface area contributed by atoms with Crippen molar-refractivity contribution in [2.45, 2.75) is 0 Å². The summed E-state index contributed by atoms with van der Waals surface area (Å²) in [6.07, 6.45) is 0. The van der Waals surface area contributed by atoms with E-state index in [4.69, 9.17) is 4.42 Å². The summed E-state index contributed by atoms with van der Waals surface area (Å²) < 4.78 is 6.18. The molecule has 0 aliphatic heterocycles. The molecule has 72 valence electrons. The summed E-state index contributed by atoms with van der Waals surface area (Å²) in [6, 6.07) is 5.43. The number of aromatic nitrogens is 1. The van der Waals surface area contributed by atoms with E-state index >= 15 is 0 Å². The third-order valence-electron chi connectivity index (χ3n) is 1.71. The molecule has 1 aromatic carbocycles. The number of halogens is 2. The maximum Gasteiger partial charge on any atom is 0.265 e. The topological polar surface area (TPSA) is 43.1 Å². The van der Waals surface area contributed by atoms with Crippen LogP contribution in [0, 0.1) is 0 Å². The molecule has 3 nitrogen and oxygen atoms in total. The molecule has 0 N–H and O–H groups in total. The van der Waals surface area contributed by atoms with Crippen LogP contribution in [0.1, 0.15) is 10.7 Å². The van der Waals surface area contributed by atoms with Gasteiger partial charge in [0.15, 0.2) is 5.58 Å². The van der Waals surface area contributed by atoms with Crippen LogP contribution in [0.15, 0.2) is 27.1 Å². The summed E-state index contributed by atoms with van der Waals surface area (Å²) in [5.41, 5.74) is 1.31. The van der Waals surface area contributed by atoms with E-state index in [1.165, 1.54) is 0 Å². The zero-order chi connectivity index (χ0) is 10.1. The zero-order valence-corrected chi connectivity index (χ0v) is 10.1. The second-order valence-corrected chi connectivity index (χ2v) is 4.16. The van der Waals surface area contributed by atoms with E-state index in [1.54, 1.807) is 6.07 Å². The Labute approximate surface area is 96.8 Å². The van der Waals surface area contributed by atoms with Crippen LogP contribution in [0.5, 0.6) is 0 Å². The highest BCUT2D eigenvalue weighted by molar-refractivity contribution is 9.10. The monoisotopic (exact) mass is 317 g/mol. The van der Waals surface area contributed by atoms with E-state index in [9.17, 15) is 4.79 Å². The van der Waals surface area contributed by atoms with Gasteiger partial charge in [-0.1, -0.05) is 31.9 Å². The van der Waals surface area contributed by atoms with Crippen molar-refractivity contribution in [1.82, 2.24) is 4.98 Å². The van der Waals surface area contributed by atoms with E-state index in [0.717, 1.165) is 4.47 Å². The van der Waals surface area contributed by atoms with E-state index in [2.05, 4.69) is 36.8 Å². The Kier molecular flexibility index (Phi) is 2.69. The predicted octanol–water partition coefficient (Wildman–Crippen LogP) is 3.17. The number of carbonyl (C=O) groups excluding carboxylic acids is 1.